The van der Waals surface area contributed by atoms with E-state index < -0.39 is 0 Å². The second kappa shape index (κ2) is 4.47. The normalized spacial score (nSPS) is 18.5. The van der Waals surface area contributed by atoms with E-state index in [0.29, 0.717) is 0 Å². The van der Waals surface area contributed by atoms with Crippen LogP contribution in [0.1, 0.15) is 12.8 Å². The molecule has 2 heteroatoms. The van der Waals surface area contributed by atoms with E-state index in [4.69, 9.17) is 4.74 Å². The summed E-state index contributed by atoms with van der Waals surface area (Å²) in [5.74, 6) is 0. The average Bonchev–Trinajstić information content (AvgIpc) is 2.30. The molecule has 0 N–H and O–H groups in total. The van der Waals surface area contributed by atoms with Crippen LogP contribution in [0.5, 0.6) is 0 Å². The molecule has 0 atom stereocenters. The third kappa shape index (κ3) is 2.07. The summed E-state index contributed by atoms with van der Waals surface area (Å²) in [6.07, 6.45) is 3.36. The zero-order valence-electron chi connectivity index (χ0n) is 8.57. The Kier molecular flexibility index (Phi) is 3.04. The summed E-state index contributed by atoms with van der Waals surface area (Å²) in [5, 5.41) is 0. The largest absolute Gasteiger partial charge is 0.375 e. The van der Waals surface area contributed by atoms with Crippen molar-refractivity contribution in [2.45, 2.75) is 12.8 Å². The molecule has 0 aromatic heterocycles. The summed E-state index contributed by atoms with van der Waals surface area (Å²) in [6, 6.07) is 10.6. The first-order valence-electron chi connectivity index (χ1n) is 5.09. The minimum atomic E-state index is 1.06. The molecule has 0 unspecified atom stereocenters. The van der Waals surface area contributed by atoms with Crippen LogP contribution in [-0.2, 0) is 4.74 Å². The Labute approximate surface area is 85.5 Å². The van der Waals surface area contributed by atoms with Gasteiger partial charge in [0.05, 0.1) is 0 Å². The topological polar surface area (TPSA) is 12.5 Å². The summed E-state index contributed by atoms with van der Waals surface area (Å²) in [6.45, 7) is 2.15. The minimum absolute atomic E-state index is 1.06. The summed E-state index contributed by atoms with van der Waals surface area (Å²) in [7, 11) is 1.77. The lowest BCUT2D eigenvalue weighted by atomic mass is 10.1. The molecule has 0 saturated carbocycles. The number of rotatable bonds is 2. The zero-order chi connectivity index (χ0) is 9.80. The van der Waals surface area contributed by atoms with Crippen LogP contribution < -0.4 is 4.90 Å². The molecule has 2 nitrogen and oxygen atoms in total. The van der Waals surface area contributed by atoms with Crippen LogP contribution in [0.2, 0.25) is 0 Å². The van der Waals surface area contributed by atoms with Gasteiger partial charge in [-0.2, -0.15) is 0 Å². The number of ether oxygens (including phenoxy) is 1. The fraction of sp³-hybridized carbons (Fsp3) is 0.417. The van der Waals surface area contributed by atoms with Crippen molar-refractivity contribution in [1.29, 1.82) is 0 Å². The van der Waals surface area contributed by atoms with E-state index >= 15 is 0 Å². The molecule has 1 fully saturated rings. The minimum Gasteiger partial charge on any atom is -0.375 e. The second-order valence-corrected chi connectivity index (χ2v) is 3.57. The maximum atomic E-state index is 5.27. The van der Waals surface area contributed by atoms with Gasteiger partial charge in [0.1, 0.15) is 6.10 Å². The Morgan fingerprint density at radius 3 is 2.29 bits per heavy atom. The van der Waals surface area contributed by atoms with Gasteiger partial charge in [-0.05, 0) is 25.0 Å². The lowest BCUT2D eigenvalue weighted by molar-refractivity contribution is 0.177. The molecule has 75 valence electrons. The number of benzene rings is 1. The third-order valence-electron chi connectivity index (χ3n) is 2.73. The van der Waals surface area contributed by atoms with E-state index in [0.717, 1.165) is 25.9 Å². The SMILES string of the molecule is CO[C]1CCN(c2ccccc2)CC1. The summed E-state index contributed by atoms with van der Waals surface area (Å²) in [5.41, 5.74) is 1.32. The number of para-hydroxylation sites is 1. The lowest BCUT2D eigenvalue weighted by Gasteiger charge is -2.32. The highest BCUT2D eigenvalue weighted by Crippen LogP contribution is 2.24. The highest BCUT2D eigenvalue weighted by molar-refractivity contribution is 5.46. The molecule has 1 radical (unpaired) electrons. The van der Waals surface area contributed by atoms with Crippen molar-refractivity contribution < 1.29 is 4.74 Å². The Balaban J connectivity index is 1.96. The molecule has 1 aromatic carbocycles. The standard InChI is InChI=1S/C12H16NO/c1-14-12-7-9-13(10-8-12)11-5-3-2-4-6-11/h2-6H,7-10H2,1H3. The molecule has 14 heavy (non-hydrogen) atoms. The third-order valence-corrected chi connectivity index (χ3v) is 2.73. The maximum absolute atomic E-state index is 5.27. The first-order chi connectivity index (χ1) is 6.90. The zero-order valence-corrected chi connectivity index (χ0v) is 8.57. The van der Waals surface area contributed by atoms with Crippen LogP contribution >= 0.6 is 0 Å². The van der Waals surface area contributed by atoms with E-state index in [2.05, 4.69) is 35.2 Å². The van der Waals surface area contributed by atoms with E-state index in [9.17, 15) is 0 Å². The predicted octanol–water partition coefficient (Wildman–Crippen LogP) is 2.47. The number of anilines is 1. The van der Waals surface area contributed by atoms with Gasteiger partial charge in [-0.3, -0.25) is 0 Å². The highest BCUT2D eigenvalue weighted by atomic mass is 16.5. The molecule has 0 bridgehead atoms. The first-order valence-corrected chi connectivity index (χ1v) is 5.09. The van der Waals surface area contributed by atoms with Crippen molar-refractivity contribution in [3.63, 3.8) is 0 Å². The Bertz CT molecular complexity index is 265. The molecule has 0 aliphatic carbocycles. The Morgan fingerprint density at radius 2 is 1.71 bits per heavy atom. The van der Waals surface area contributed by atoms with Crippen molar-refractivity contribution >= 4 is 5.69 Å². The fourth-order valence-corrected chi connectivity index (χ4v) is 1.86. The van der Waals surface area contributed by atoms with Gasteiger partial charge in [0.15, 0.2) is 0 Å². The van der Waals surface area contributed by atoms with Crippen LogP contribution in [0.15, 0.2) is 30.3 Å². The summed E-state index contributed by atoms with van der Waals surface area (Å²) >= 11 is 0. The van der Waals surface area contributed by atoms with E-state index in [1.807, 2.05) is 0 Å². The number of hydrogen-bond donors (Lipinski definition) is 0. The van der Waals surface area contributed by atoms with Gasteiger partial charge in [-0.15, -0.1) is 0 Å². The average molecular weight is 190 g/mol. The van der Waals surface area contributed by atoms with Crippen LogP contribution in [0.4, 0.5) is 5.69 Å². The van der Waals surface area contributed by atoms with Crippen molar-refractivity contribution in [3.8, 4) is 0 Å². The number of piperidine rings is 1. The monoisotopic (exact) mass is 190 g/mol. The molecule has 0 amide bonds. The van der Waals surface area contributed by atoms with Crippen molar-refractivity contribution in [2.24, 2.45) is 0 Å². The van der Waals surface area contributed by atoms with Crippen molar-refractivity contribution in [1.82, 2.24) is 0 Å². The van der Waals surface area contributed by atoms with E-state index in [-0.39, 0.29) is 0 Å². The van der Waals surface area contributed by atoms with Gasteiger partial charge in [0, 0.05) is 25.9 Å². The van der Waals surface area contributed by atoms with Gasteiger partial charge in [-0.1, -0.05) is 18.2 Å². The van der Waals surface area contributed by atoms with E-state index in [1.165, 1.54) is 11.8 Å². The lowest BCUT2D eigenvalue weighted by Crippen LogP contribution is -2.33. The number of nitrogens with zero attached hydrogens (tertiary/aromatic N) is 1. The molecule has 2 rings (SSSR count). The molecule has 1 heterocycles. The number of hydrogen-bond acceptors (Lipinski definition) is 2. The predicted molar refractivity (Wildman–Crippen MR) is 58.1 cm³/mol. The Morgan fingerprint density at radius 1 is 1.07 bits per heavy atom. The molecule has 1 aliphatic heterocycles. The van der Waals surface area contributed by atoms with Gasteiger partial charge < -0.3 is 9.64 Å². The van der Waals surface area contributed by atoms with Crippen LogP contribution in [-0.4, -0.2) is 20.2 Å². The summed E-state index contributed by atoms with van der Waals surface area (Å²) < 4.78 is 5.27. The van der Waals surface area contributed by atoms with Gasteiger partial charge in [-0.25, -0.2) is 0 Å². The van der Waals surface area contributed by atoms with Crippen molar-refractivity contribution in [3.05, 3.63) is 36.4 Å². The molecule has 0 spiro atoms. The first kappa shape index (κ1) is 9.53. The van der Waals surface area contributed by atoms with E-state index in [1.54, 1.807) is 7.11 Å². The fourth-order valence-electron chi connectivity index (χ4n) is 1.86. The van der Waals surface area contributed by atoms with Crippen LogP contribution in [0.25, 0.3) is 0 Å². The van der Waals surface area contributed by atoms with Crippen LogP contribution in [0.3, 0.4) is 0 Å². The molecule has 1 aromatic rings. The van der Waals surface area contributed by atoms with Gasteiger partial charge >= 0.3 is 0 Å². The molecular weight excluding hydrogens is 174 g/mol. The quantitative estimate of drug-likeness (QED) is 0.710. The van der Waals surface area contributed by atoms with Crippen LogP contribution in [0, 0.1) is 6.10 Å². The number of methoxy groups -OCH3 is 1. The second-order valence-electron chi connectivity index (χ2n) is 3.57. The van der Waals surface area contributed by atoms with Gasteiger partial charge in [0.2, 0.25) is 0 Å². The molecule has 1 saturated heterocycles. The molecule has 1 aliphatic rings. The van der Waals surface area contributed by atoms with Gasteiger partial charge in [0.25, 0.3) is 0 Å². The maximum Gasteiger partial charge on any atom is 0.100 e. The molecular formula is C12H16NO. The smallest absolute Gasteiger partial charge is 0.100 e. The highest BCUT2D eigenvalue weighted by Gasteiger charge is 2.19. The Hall–Kier alpha value is -1.02. The van der Waals surface area contributed by atoms with Crippen molar-refractivity contribution in [2.75, 3.05) is 25.1 Å². The summed E-state index contributed by atoms with van der Waals surface area (Å²) in [4.78, 5) is 2.41.